The molecule has 21 heavy (non-hydrogen) atoms. The van der Waals surface area contributed by atoms with Gasteiger partial charge in [0.25, 0.3) is 0 Å². The van der Waals surface area contributed by atoms with Gasteiger partial charge in [0, 0.05) is 11.8 Å². The van der Waals surface area contributed by atoms with Gasteiger partial charge in [0.2, 0.25) is 0 Å². The van der Waals surface area contributed by atoms with E-state index in [2.05, 4.69) is 13.8 Å². The van der Waals surface area contributed by atoms with Gasteiger partial charge in [0.1, 0.15) is 5.78 Å². The third-order valence-corrected chi connectivity index (χ3v) is 9.13. The first-order valence-electron chi connectivity index (χ1n) is 9.56. The van der Waals surface area contributed by atoms with Crippen LogP contribution in [0.15, 0.2) is 0 Å². The Bertz CT molecular complexity index is 496. The van der Waals surface area contributed by atoms with Crippen LogP contribution in [0.3, 0.4) is 0 Å². The lowest BCUT2D eigenvalue weighted by atomic mass is 9.45. The molecule has 5 rings (SSSR count). The van der Waals surface area contributed by atoms with Crippen molar-refractivity contribution in [2.45, 2.75) is 71.6 Å². The van der Waals surface area contributed by atoms with E-state index in [1.54, 1.807) is 12.8 Å². The van der Waals surface area contributed by atoms with Crippen molar-refractivity contribution in [3.63, 3.8) is 0 Å². The number of rotatable bonds is 0. The van der Waals surface area contributed by atoms with E-state index in [-0.39, 0.29) is 5.41 Å². The molecule has 0 aromatic heterocycles. The van der Waals surface area contributed by atoms with E-state index in [4.69, 9.17) is 0 Å². The Labute approximate surface area is 129 Å². The number of Topliss-reactive ketones (excluding diaryl/α,β-unsaturated/α-hetero) is 1. The molecule has 0 bridgehead atoms. The monoisotopic (exact) mass is 286 g/mol. The molecule has 1 unspecified atom stereocenters. The van der Waals surface area contributed by atoms with E-state index in [9.17, 15) is 4.79 Å². The smallest absolute Gasteiger partial charge is 0.139 e. The van der Waals surface area contributed by atoms with Crippen LogP contribution in [-0.2, 0) is 4.79 Å². The minimum Gasteiger partial charge on any atom is -0.299 e. The number of hydrogen-bond acceptors (Lipinski definition) is 1. The van der Waals surface area contributed by atoms with E-state index < -0.39 is 0 Å². The lowest BCUT2D eigenvalue weighted by Gasteiger charge is -2.59. The van der Waals surface area contributed by atoms with Gasteiger partial charge in [-0.3, -0.25) is 4.79 Å². The Kier molecular flexibility index (Phi) is 2.47. The van der Waals surface area contributed by atoms with Gasteiger partial charge in [-0.15, -0.1) is 0 Å². The van der Waals surface area contributed by atoms with E-state index in [0.29, 0.717) is 11.2 Å². The van der Waals surface area contributed by atoms with Crippen LogP contribution in [0.4, 0.5) is 0 Å². The van der Waals surface area contributed by atoms with Crippen molar-refractivity contribution in [1.29, 1.82) is 0 Å². The van der Waals surface area contributed by atoms with Crippen molar-refractivity contribution in [3.8, 4) is 0 Å². The number of ketones is 1. The average Bonchev–Trinajstić information content (AvgIpc) is 3.12. The number of hydrogen-bond donors (Lipinski definition) is 0. The Morgan fingerprint density at radius 3 is 2.67 bits per heavy atom. The van der Waals surface area contributed by atoms with Gasteiger partial charge in [0.05, 0.1) is 0 Å². The summed E-state index contributed by atoms with van der Waals surface area (Å²) in [5.41, 5.74) is 0.703. The molecule has 0 aromatic rings. The molecule has 1 nitrogen and oxygen atoms in total. The first-order valence-corrected chi connectivity index (χ1v) is 9.56. The zero-order valence-electron chi connectivity index (χ0n) is 13.7. The SMILES string of the molecule is CC12C[C@H]3C[C@@H]3C[C@@H]1CC[C@@H]1[C@@H]2CC[C@]2(C)C(=O)CC[C@@H]12. The Morgan fingerprint density at radius 1 is 0.952 bits per heavy atom. The fraction of sp³-hybridized carbons (Fsp3) is 0.950. The molecule has 0 heterocycles. The summed E-state index contributed by atoms with van der Waals surface area (Å²) in [5, 5.41) is 0. The second-order valence-electron chi connectivity index (χ2n) is 9.77. The second kappa shape index (κ2) is 3.95. The zero-order valence-corrected chi connectivity index (χ0v) is 13.7. The van der Waals surface area contributed by atoms with E-state index in [1.165, 1.54) is 38.5 Å². The highest BCUT2D eigenvalue weighted by Gasteiger charge is 2.62. The molecule has 0 spiro atoms. The molecule has 0 aromatic carbocycles. The summed E-state index contributed by atoms with van der Waals surface area (Å²) in [4.78, 5) is 12.4. The summed E-state index contributed by atoms with van der Waals surface area (Å²) in [5.74, 6) is 6.38. The Hall–Kier alpha value is -0.330. The van der Waals surface area contributed by atoms with Gasteiger partial charge in [-0.1, -0.05) is 13.8 Å². The van der Waals surface area contributed by atoms with Crippen molar-refractivity contribution >= 4 is 5.78 Å². The Balaban J connectivity index is 1.49. The normalized spacial score (nSPS) is 61.5. The van der Waals surface area contributed by atoms with E-state index in [1.807, 2.05) is 0 Å². The van der Waals surface area contributed by atoms with Gasteiger partial charge in [-0.2, -0.15) is 0 Å². The molecule has 116 valence electrons. The fourth-order valence-corrected chi connectivity index (χ4v) is 7.79. The van der Waals surface area contributed by atoms with Crippen LogP contribution in [0.5, 0.6) is 0 Å². The van der Waals surface area contributed by atoms with Crippen LogP contribution in [0.2, 0.25) is 0 Å². The van der Waals surface area contributed by atoms with Crippen molar-refractivity contribution in [2.75, 3.05) is 0 Å². The molecule has 8 atom stereocenters. The third kappa shape index (κ3) is 1.56. The van der Waals surface area contributed by atoms with Crippen LogP contribution < -0.4 is 0 Å². The molecule has 0 amide bonds. The molecule has 5 saturated carbocycles. The maximum absolute atomic E-state index is 12.4. The summed E-state index contributed by atoms with van der Waals surface area (Å²) < 4.78 is 0. The highest BCUT2D eigenvalue weighted by Crippen LogP contribution is 2.69. The molecule has 1 heteroatoms. The van der Waals surface area contributed by atoms with Gasteiger partial charge in [0.15, 0.2) is 0 Å². The van der Waals surface area contributed by atoms with Crippen molar-refractivity contribution in [1.82, 2.24) is 0 Å². The minimum absolute atomic E-state index is 0.0706. The second-order valence-corrected chi connectivity index (χ2v) is 9.77. The molecule has 0 saturated heterocycles. The van der Waals surface area contributed by atoms with Crippen molar-refractivity contribution in [3.05, 3.63) is 0 Å². The minimum atomic E-state index is 0.0706. The zero-order chi connectivity index (χ0) is 14.4. The molecule has 0 radical (unpaired) electrons. The van der Waals surface area contributed by atoms with E-state index in [0.717, 1.165) is 41.9 Å². The summed E-state index contributed by atoms with van der Waals surface area (Å²) >= 11 is 0. The number of carbonyl (C=O) groups is 1. The number of fused-ring (bicyclic) bond motifs is 6. The molecule has 5 aliphatic rings. The lowest BCUT2D eigenvalue weighted by Crippen LogP contribution is -2.53. The van der Waals surface area contributed by atoms with Gasteiger partial charge in [-0.25, -0.2) is 0 Å². The van der Waals surface area contributed by atoms with Crippen LogP contribution in [0, 0.1) is 46.3 Å². The summed E-state index contributed by atoms with van der Waals surface area (Å²) in [6, 6.07) is 0. The predicted octanol–water partition coefficient (Wildman–Crippen LogP) is 4.84. The maximum Gasteiger partial charge on any atom is 0.139 e. The topological polar surface area (TPSA) is 17.1 Å². The summed E-state index contributed by atoms with van der Waals surface area (Å²) in [6.07, 6.45) is 12.2. The van der Waals surface area contributed by atoms with Gasteiger partial charge in [-0.05, 0) is 92.3 Å². The Morgan fingerprint density at radius 2 is 1.81 bits per heavy atom. The van der Waals surface area contributed by atoms with Gasteiger partial charge >= 0.3 is 0 Å². The predicted molar refractivity (Wildman–Crippen MR) is 83.7 cm³/mol. The summed E-state index contributed by atoms with van der Waals surface area (Å²) in [7, 11) is 0. The first kappa shape index (κ1) is 13.1. The van der Waals surface area contributed by atoms with Crippen molar-refractivity contribution in [2.24, 2.45) is 46.3 Å². The molecule has 0 N–H and O–H groups in total. The molecule has 0 aliphatic heterocycles. The lowest BCUT2D eigenvalue weighted by molar-refractivity contribution is -0.139. The highest BCUT2D eigenvalue weighted by atomic mass is 16.1. The van der Waals surface area contributed by atoms with Crippen LogP contribution >= 0.6 is 0 Å². The fourth-order valence-electron chi connectivity index (χ4n) is 7.79. The number of carbonyl (C=O) groups excluding carboxylic acids is 1. The van der Waals surface area contributed by atoms with Crippen LogP contribution in [0.25, 0.3) is 0 Å². The molecular formula is C20H30O. The first-order chi connectivity index (χ1) is 10.0. The highest BCUT2D eigenvalue weighted by molar-refractivity contribution is 5.87. The quantitative estimate of drug-likeness (QED) is 0.622. The van der Waals surface area contributed by atoms with Crippen LogP contribution in [-0.4, -0.2) is 5.78 Å². The average molecular weight is 286 g/mol. The molecular weight excluding hydrogens is 256 g/mol. The molecule has 5 aliphatic carbocycles. The van der Waals surface area contributed by atoms with Crippen molar-refractivity contribution < 1.29 is 4.79 Å². The maximum atomic E-state index is 12.4. The van der Waals surface area contributed by atoms with E-state index >= 15 is 0 Å². The van der Waals surface area contributed by atoms with Gasteiger partial charge < -0.3 is 0 Å². The third-order valence-electron chi connectivity index (χ3n) is 9.13. The van der Waals surface area contributed by atoms with Crippen LogP contribution in [0.1, 0.15) is 71.6 Å². The standard InChI is InChI=1S/C20H30O/c1-19-8-7-17-15(16(19)5-6-18(19)21)4-3-14-10-12-9-13(12)11-20(14,17)2/h12-17H,3-11H2,1-2H3/t12-,13-,14+,15+,16+,17+,19+,20?/m1/s1. The summed E-state index contributed by atoms with van der Waals surface area (Å²) in [6.45, 7) is 4.97. The molecule has 5 fully saturated rings. The largest absolute Gasteiger partial charge is 0.299 e.